The number of nitrogens with one attached hydrogen (secondary N) is 2. The minimum absolute atomic E-state index is 0.0170. The molecule has 35 heavy (non-hydrogen) atoms. The Morgan fingerprint density at radius 2 is 1.83 bits per heavy atom. The third kappa shape index (κ3) is 12.3. The zero-order valence-corrected chi connectivity index (χ0v) is 22.2. The number of rotatable bonds is 19. The van der Waals surface area contributed by atoms with Gasteiger partial charge in [0.15, 0.2) is 0 Å². The molecule has 0 aromatic rings. The number of amides is 3. The number of oxime groups is 1. The second-order valence-corrected chi connectivity index (χ2v) is 10.5. The molecule has 1 aliphatic heterocycles. The van der Waals surface area contributed by atoms with E-state index in [1.165, 1.54) is 13.3 Å². The van der Waals surface area contributed by atoms with Crippen LogP contribution < -0.4 is 10.4 Å². The van der Waals surface area contributed by atoms with Crippen LogP contribution in [0.2, 0.25) is 0 Å². The van der Waals surface area contributed by atoms with Gasteiger partial charge in [-0.05, 0) is 0 Å². The Balaban J connectivity index is 2.39. The number of carbonyl (C=O) groups is 4. The number of nitrogens with zero attached hydrogens (tertiary/aromatic N) is 3. The Morgan fingerprint density at radius 3 is 2.43 bits per heavy atom. The van der Waals surface area contributed by atoms with E-state index in [9.17, 15) is 24.1 Å². The maximum atomic E-state index is 12.0. The van der Waals surface area contributed by atoms with Crippen LogP contribution in [-0.2, 0) is 33.4 Å². The Kier molecular flexibility index (Phi) is 16.0. The second kappa shape index (κ2) is 17.8. The summed E-state index contributed by atoms with van der Waals surface area (Å²) in [5.74, 6) is -1.65. The van der Waals surface area contributed by atoms with Crippen molar-refractivity contribution in [3.8, 4) is 0 Å². The molecule has 13 nitrogen and oxygen atoms in total. The number of imide groups is 1. The van der Waals surface area contributed by atoms with Crippen molar-refractivity contribution in [3.63, 3.8) is 0 Å². The van der Waals surface area contributed by atoms with E-state index in [0.29, 0.717) is 24.6 Å². The molecular formula is C19H34Cl2N5O8P. The molecule has 1 fully saturated rings. The average molecular weight is 562 g/mol. The van der Waals surface area contributed by atoms with Crippen molar-refractivity contribution in [1.29, 1.82) is 0 Å². The first-order valence-electron chi connectivity index (χ1n) is 11.1. The Bertz CT molecular complexity index is 713. The van der Waals surface area contributed by atoms with Crippen LogP contribution in [0.5, 0.6) is 0 Å². The molecule has 0 spiro atoms. The second-order valence-electron chi connectivity index (χ2n) is 7.26. The van der Waals surface area contributed by atoms with Gasteiger partial charge in [0, 0.05) is 12.8 Å². The van der Waals surface area contributed by atoms with Gasteiger partial charge in [-0.2, -0.15) is 0 Å². The van der Waals surface area contributed by atoms with Gasteiger partial charge in [-0.3, -0.25) is 9.59 Å². The average Bonchev–Trinajstić information content (AvgIpc) is 3.13. The first kappa shape index (κ1) is 31.4. The predicted octanol–water partition coefficient (Wildman–Crippen LogP) is 0.690. The van der Waals surface area contributed by atoms with Crippen molar-refractivity contribution in [1.82, 2.24) is 20.1 Å². The van der Waals surface area contributed by atoms with Gasteiger partial charge in [0.25, 0.3) is 0 Å². The molecule has 3 amide bonds. The van der Waals surface area contributed by atoms with Gasteiger partial charge in [0.05, 0.1) is 0 Å². The molecular weight excluding hydrogens is 528 g/mol. The van der Waals surface area contributed by atoms with Gasteiger partial charge < -0.3 is 0 Å². The Labute approximate surface area is 214 Å². The molecule has 1 rings (SSSR count). The molecule has 1 saturated heterocycles. The van der Waals surface area contributed by atoms with E-state index >= 15 is 0 Å². The molecule has 0 aromatic heterocycles. The van der Waals surface area contributed by atoms with Crippen LogP contribution >= 0.6 is 31.2 Å². The van der Waals surface area contributed by atoms with E-state index in [2.05, 4.69) is 20.4 Å². The van der Waals surface area contributed by atoms with Gasteiger partial charge in [-0.15, -0.1) is 0 Å². The number of hydrogen-bond acceptors (Lipinski definition) is 11. The van der Waals surface area contributed by atoms with Crippen LogP contribution in [-0.4, -0.2) is 96.2 Å². The zero-order chi connectivity index (χ0) is 26.1. The summed E-state index contributed by atoms with van der Waals surface area (Å²) in [4.78, 5) is 67.2. The number of halogens is 2. The van der Waals surface area contributed by atoms with Crippen LogP contribution in [0.15, 0.2) is 5.16 Å². The van der Waals surface area contributed by atoms with E-state index in [1.807, 2.05) is 0 Å². The summed E-state index contributed by atoms with van der Waals surface area (Å²) in [6.07, 6.45) is 2.06. The molecule has 0 aromatic carbocycles. The SMILES string of the molecule is CO/N=C/CCO[PH](O)(NCCNC(=O)CCCC(=O)ON1C(=O)CCC1=O)N(CCCl)CCCl. The van der Waals surface area contributed by atoms with Gasteiger partial charge >= 0.3 is 192 Å². The van der Waals surface area contributed by atoms with E-state index in [-0.39, 0.29) is 69.5 Å². The predicted molar refractivity (Wildman–Crippen MR) is 132 cm³/mol. The van der Waals surface area contributed by atoms with Crippen LogP contribution in [0, 0.1) is 0 Å². The third-order valence-electron chi connectivity index (χ3n) is 4.65. The zero-order valence-electron chi connectivity index (χ0n) is 19.7. The van der Waals surface area contributed by atoms with Crippen LogP contribution in [0.4, 0.5) is 0 Å². The number of hydroxylamine groups is 2. The molecule has 3 N–H and O–H groups in total. The van der Waals surface area contributed by atoms with Gasteiger partial charge in [0.2, 0.25) is 0 Å². The van der Waals surface area contributed by atoms with Crippen LogP contribution in [0.25, 0.3) is 0 Å². The summed E-state index contributed by atoms with van der Waals surface area (Å²) in [5.41, 5.74) is 0. The molecule has 1 aliphatic rings. The fourth-order valence-electron chi connectivity index (χ4n) is 2.97. The van der Waals surface area contributed by atoms with E-state index < -0.39 is 25.8 Å². The third-order valence-corrected chi connectivity index (χ3v) is 7.61. The van der Waals surface area contributed by atoms with E-state index in [4.69, 9.17) is 32.6 Å². The van der Waals surface area contributed by atoms with Crippen molar-refractivity contribution in [2.24, 2.45) is 5.16 Å². The van der Waals surface area contributed by atoms with Gasteiger partial charge in [-0.1, -0.05) is 0 Å². The van der Waals surface area contributed by atoms with Crippen molar-refractivity contribution < 1.29 is 38.3 Å². The summed E-state index contributed by atoms with van der Waals surface area (Å²) in [7, 11) is -2.16. The summed E-state index contributed by atoms with van der Waals surface area (Å²) in [5, 5.41) is 9.75. The summed E-state index contributed by atoms with van der Waals surface area (Å²) >= 11 is 11.7. The molecule has 16 heteroatoms. The Morgan fingerprint density at radius 1 is 1.17 bits per heavy atom. The maximum absolute atomic E-state index is 12.0. The van der Waals surface area contributed by atoms with Gasteiger partial charge in [-0.25, -0.2) is 0 Å². The van der Waals surface area contributed by atoms with Crippen molar-refractivity contribution >= 4 is 61.1 Å². The quantitative estimate of drug-likeness (QED) is 0.0511. The molecule has 0 bridgehead atoms. The Hall–Kier alpha value is -1.60. The topological polar surface area (TPSA) is 159 Å². The molecule has 0 saturated carbocycles. The minimum atomic E-state index is -3.58. The number of alkyl halides is 2. The fraction of sp³-hybridized carbons (Fsp3) is 0.737. The van der Waals surface area contributed by atoms with Crippen LogP contribution in [0.3, 0.4) is 0 Å². The van der Waals surface area contributed by atoms with Crippen molar-refractivity contribution in [2.75, 3.05) is 51.7 Å². The fourth-order valence-corrected chi connectivity index (χ4v) is 5.85. The summed E-state index contributed by atoms with van der Waals surface area (Å²) < 4.78 is 7.41. The summed E-state index contributed by atoms with van der Waals surface area (Å²) in [6.45, 7) is 1.30. The molecule has 0 unspecified atom stereocenters. The van der Waals surface area contributed by atoms with E-state index in [0.717, 1.165) is 0 Å². The van der Waals surface area contributed by atoms with Gasteiger partial charge in [0.1, 0.15) is 0 Å². The number of carbonyl (C=O) groups excluding carboxylic acids is 4. The molecule has 0 radical (unpaired) electrons. The van der Waals surface area contributed by atoms with Crippen LogP contribution in [0.1, 0.15) is 38.5 Å². The van der Waals surface area contributed by atoms with E-state index in [1.54, 1.807) is 4.67 Å². The first-order valence-corrected chi connectivity index (χ1v) is 14.0. The van der Waals surface area contributed by atoms with Crippen molar-refractivity contribution in [2.45, 2.75) is 38.5 Å². The number of hydrogen-bond donors (Lipinski definition) is 3. The molecule has 202 valence electrons. The molecule has 0 atom stereocenters. The van der Waals surface area contributed by atoms with Crippen molar-refractivity contribution in [3.05, 3.63) is 0 Å². The summed E-state index contributed by atoms with van der Waals surface area (Å²) in [6, 6.07) is 0. The molecule has 1 heterocycles. The first-order chi connectivity index (χ1) is 16.8. The normalized spacial score (nSPS) is 14.7. The molecule has 0 aliphatic carbocycles. The monoisotopic (exact) mass is 561 g/mol. The standard InChI is InChI=1S/C19H34Cl2N5O8P/c1-32-23-10-3-15-33-35(31,25(13-8-20)14-9-21)24-12-11-22-16(27)4-2-5-19(30)34-26-17(28)6-7-18(26)29/h10,24,31,35H,2-9,11-15H2,1H3,(H,22,27)/b23-10+.